The zero-order valence-electron chi connectivity index (χ0n) is 7.62. The molecule has 0 heterocycles. The largest absolute Gasteiger partial charge is 0.0711 e. The van der Waals surface area contributed by atoms with Crippen molar-refractivity contribution in [1.82, 2.24) is 0 Å². The molecule has 0 saturated heterocycles. The minimum atomic E-state index is 1.10. The van der Waals surface area contributed by atoms with Crippen molar-refractivity contribution in [3.05, 3.63) is 48.5 Å². The summed E-state index contributed by atoms with van der Waals surface area (Å²) < 4.78 is 0. The van der Waals surface area contributed by atoms with Crippen LogP contribution in [-0.2, 0) is 0 Å². The van der Waals surface area contributed by atoms with E-state index in [-0.39, 0.29) is 0 Å². The zero-order chi connectivity index (χ0) is 9.97. The van der Waals surface area contributed by atoms with Gasteiger partial charge in [0, 0.05) is 0 Å². The first-order chi connectivity index (χ1) is 6.75. The first kappa shape index (κ1) is 9.43. The van der Waals surface area contributed by atoms with E-state index in [2.05, 4.69) is 44.8 Å². The van der Waals surface area contributed by atoms with Crippen LogP contribution in [0.5, 0.6) is 0 Å². The summed E-state index contributed by atoms with van der Waals surface area (Å²) in [6, 6.07) is 16.6. The van der Waals surface area contributed by atoms with E-state index in [1.807, 2.05) is 24.3 Å². The molecule has 6 radical (unpaired) electrons. The van der Waals surface area contributed by atoms with Gasteiger partial charge in [0.25, 0.3) is 0 Å². The molecule has 2 heteroatoms. The molecule has 0 aliphatic rings. The standard InChI is InChI=1S/C12H8Si2/c13-11-5-1-9(2-6-11)10-3-7-12(14)8-4-10/h1-8H. The van der Waals surface area contributed by atoms with Crippen molar-refractivity contribution in [2.24, 2.45) is 0 Å². The molecule has 14 heavy (non-hydrogen) atoms. The second-order valence-electron chi connectivity index (χ2n) is 3.15. The molecular formula is C12H8Si2. The van der Waals surface area contributed by atoms with Crippen molar-refractivity contribution in [1.29, 1.82) is 0 Å². The Balaban J connectivity index is 2.40. The number of rotatable bonds is 1. The summed E-state index contributed by atoms with van der Waals surface area (Å²) >= 11 is 0. The number of benzene rings is 2. The van der Waals surface area contributed by atoms with Gasteiger partial charge >= 0.3 is 0 Å². The van der Waals surface area contributed by atoms with Gasteiger partial charge in [-0.05, 0) is 11.1 Å². The Bertz CT molecular complexity index is 372. The highest BCUT2D eigenvalue weighted by molar-refractivity contribution is 6.32. The third-order valence-corrected chi connectivity index (χ3v) is 2.77. The predicted molar refractivity (Wildman–Crippen MR) is 62.7 cm³/mol. The molecule has 0 atom stereocenters. The molecule has 2 aromatic carbocycles. The van der Waals surface area contributed by atoms with Crippen LogP contribution >= 0.6 is 0 Å². The van der Waals surface area contributed by atoms with Gasteiger partial charge in [-0.25, -0.2) is 0 Å². The normalized spacial score (nSPS) is 10.1. The van der Waals surface area contributed by atoms with Crippen LogP contribution in [0.25, 0.3) is 11.1 Å². The maximum Gasteiger partial charge on any atom is 0.0711 e. The molecule has 0 fully saturated rings. The maximum atomic E-state index is 3.47. The fraction of sp³-hybridized carbons (Fsp3) is 0. The minimum Gasteiger partial charge on any atom is -0.0673 e. The molecule has 0 aliphatic heterocycles. The average molecular weight is 208 g/mol. The van der Waals surface area contributed by atoms with Crippen LogP contribution in [0.1, 0.15) is 0 Å². The molecule has 2 aromatic rings. The minimum absolute atomic E-state index is 1.10. The fourth-order valence-corrected chi connectivity index (χ4v) is 1.66. The van der Waals surface area contributed by atoms with E-state index in [1.54, 1.807) is 0 Å². The van der Waals surface area contributed by atoms with Crippen LogP contribution in [0.4, 0.5) is 0 Å². The van der Waals surface area contributed by atoms with Gasteiger partial charge in [0.05, 0.1) is 20.5 Å². The topological polar surface area (TPSA) is 0 Å². The van der Waals surface area contributed by atoms with E-state index < -0.39 is 0 Å². The van der Waals surface area contributed by atoms with Gasteiger partial charge < -0.3 is 0 Å². The van der Waals surface area contributed by atoms with Crippen molar-refractivity contribution in [3.63, 3.8) is 0 Å². The molecule has 0 bridgehead atoms. The van der Waals surface area contributed by atoms with E-state index in [9.17, 15) is 0 Å². The first-order valence-corrected chi connectivity index (χ1v) is 5.39. The Labute approximate surface area is 90.8 Å². The first-order valence-electron chi connectivity index (χ1n) is 4.39. The summed E-state index contributed by atoms with van der Waals surface area (Å²) in [5.41, 5.74) is 2.47. The average Bonchev–Trinajstić information content (AvgIpc) is 2.21. The summed E-state index contributed by atoms with van der Waals surface area (Å²) in [5, 5.41) is 2.20. The quantitative estimate of drug-likeness (QED) is 0.612. The summed E-state index contributed by atoms with van der Waals surface area (Å²) in [6.45, 7) is 0. The molecular weight excluding hydrogens is 200 g/mol. The fourth-order valence-electron chi connectivity index (χ4n) is 1.33. The van der Waals surface area contributed by atoms with Crippen LogP contribution in [-0.4, -0.2) is 20.5 Å². The van der Waals surface area contributed by atoms with Crippen LogP contribution in [0.3, 0.4) is 0 Å². The number of hydrogen-bond donors (Lipinski definition) is 0. The van der Waals surface area contributed by atoms with E-state index >= 15 is 0 Å². The monoisotopic (exact) mass is 208 g/mol. The Morgan fingerprint density at radius 1 is 0.500 bits per heavy atom. The molecule has 0 amide bonds. The Morgan fingerprint density at radius 3 is 1.07 bits per heavy atom. The lowest BCUT2D eigenvalue weighted by molar-refractivity contribution is 1.66. The molecule has 0 nitrogen and oxygen atoms in total. The van der Waals surface area contributed by atoms with Crippen molar-refractivity contribution < 1.29 is 0 Å². The lowest BCUT2D eigenvalue weighted by atomic mass is 10.1. The second kappa shape index (κ2) is 3.94. The Kier molecular flexibility index (Phi) is 2.65. The third kappa shape index (κ3) is 2.03. The van der Waals surface area contributed by atoms with Gasteiger partial charge in [0.1, 0.15) is 0 Å². The second-order valence-corrected chi connectivity index (χ2v) is 4.31. The van der Waals surface area contributed by atoms with E-state index in [1.165, 1.54) is 11.1 Å². The van der Waals surface area contributed by atoms with Crippen LogP contribution in [0.2, 0.25) is 0 Å². The number of hydrogen-bond acceptors (Lipinski definition) is 0. The Hall–Kier alpha value is -1.13. The van der Waals surface area contributed by atoms with Crippen LogP contribution in [0, 0.1) is 0 Å². The highest BCUT2D eigenvalue weighted by Gasteiger charge is 1.95. The summed E-state index contributed by atoms with van der Waals surface area (Å²) in [4.78, 5) is 0. The van der Waals surface area contributed by atoms with Crippen molar-refractivity contribution in [3.8, 4) is 11.1 Å². The molecule has 2 rings (SSSR count). The van der Waals surface area contributed by atoms with Gasteiger partial charge in [0.2, 0.25) is 0 Å². The lowest BCUT2D eigenvalue weighted by Crippen LogP contribution is -2.01. The molecule has 0 aliphatic carbocycles. The van der Waals surface area contributed by atoms with Gasteiger partial charge in [-0.1, -0.05) is 58.9 Å². The van der Waals surface area contributed by atoms with E-state index in [0.717, 1.165) is 10.4 Å². The third-order valence-electron chi connectivity index (χ3n) is 2.10. The van der Waals surface area contributed by atoms with Gasteiger partial charge in [-0.3, -0.25) is 0 Å². The lowest BCUT2D eigenvalue weighted by Gasteiger charge is -2.02. The van der Waals surface area contributed by atoms with Gasteiger partial charge in [0.15, 0.2) is 0 Å². The predicted octanol–water partition coefficient (Wildman–Crippen LogP) is 0.941. The van der Waals surface area contributed by atoms with Crippen molar-refractivity contribution in [2.75, 3.05) is 0 Å². The van der Waals surface area contributed by atoms with Crippen molar-refractivity contribution in [2.45, 2.75) is 0 Å². The molecule has 0 saturated carbocycles. The van der Waals surface area contributed by atoms with Gasteiger partial charge in [-0.15, -0.1) is 0 Å². The highest BCUT2D eigenvalue weighted by Crippen LogP contribution is 2.16. The van der Waals surface area contributed by atoms with Gasteiger partial charge in [-0.2, -0.15) is 0 Å². The molecule has 0 spiro atoms. The highest BCUT2D eigenvalue weighted by atomic mass is 28.1. The van der Waals surface area contributed by atoms with Crippen LogP contribution in [0.15, 0.2) is 48.5 Å². The van der Waals surface area contributed by atoms with E-state index in [0.29, 0.717) is 0 Å². The summed E-state index contributed by atoms with van der Waals surface area (Å²) in [5.74, 6) is 0. The molecule has 0 N–H and O–H groups in total. The summed E-state index contributed by atoms with van der Waals surface area (Å²) in [6.07, 6.45) is 0. The maximum absolute atomic E-state index is 3.47. The molecule has 64 valence electrons. The summed E-state index contributed by atoms with van der Waals surface area (Å²) in [7, 11) is 6.94. The smallest absolute Gasteiger partial charge is 0.0673 e. The van der Waals surface area contributed by atoms with E-state index in [4.69, 9.17) is 0 Å². The zero-order valence-corrected chi connectivity index (χ0v) is 9.62. The van der Waals surface area contributed by atoms with Crippen molar-refractivity contribution >= 4 is 30.9 Å². The molecule has 0 unspecified atom stereocenters. The van der Waals surface area contributed by atoms with Crippen LogP contribution < -0.4 is 10.4 Å². The molecule has 0 aromatic heterocycles. The SMILES string of the molecule is [Si]c1ccc(-c2ccc([Si])cc2)cc1. The Morgan fingerprint density at radius 2 is 0.786 bits per heavy atom.